The summed E-state index contributed by atoms with van der Waals surface area (Å²) in [7, 11) is 1.97. The molecule has 1 aromatic carbocycles. The Hall–Kier alpha value is -1.61. The maximum Gasteiger partial charge on any atom is 0.0923 e. The predicted molar refractivity (Wildman–Crippen MR) is 71.6 cm³/mol. The van der Waals surface area contributed by atoms with Gasteiger partial charge in [0, 0.05) is 31.9 Å². The van der Waals surface area contributed by atoms with Gasteiger partial charge in [0.05, 0.1) is 5.69 Å². The minimum Gasteiger partial charge on any atom is -0.316 e. The van der Waals surface area contributed by atoms with E-state index in [2.05, 4.69) is 34.7 Å². The van der Waals surface area contributed by atoms with Gasteiger partial charge in [-0.1, -0.05) is 12.1 Å². The van der Waals surface area contributed by atoms with Crippen LogP contribution in [0.2, 0.25) is 0 Å². The standard InChI is InChI=1S/C15H17N3/c1-18-5-4-15(17-18)10-2-3-13-11-6-12(9-16-8-11)14(13)7-10/h2-5,7,11-12,16H,6,8-9H2,1H3. The van der Waals surface area contributed by atoms with Crippen LogP contribution in [-0.2, 0) is 7.05 Å². The zero-order valence-electron chi connectivity index (χ0n) is 10.6. The third kappa shape index (κ3) is 1.44. The Kier molecular flexibility index (Phi) is 2.12. The summed E-state index contributed by atoms with van der Waals surface area (Å²) in [5, 5.41) is 8.03. The van der Waals surface area contributed by atoms with E-state index >= 15 is 0 Å². The molecule has 18 heavy (non-hydrogen) atoms. The molecular weight excluding hydrogens is 222 g/mol. The van der Waals surface area contributed by atoms with Gasteiger partial charge in [-0.2, -0.15) is 5.10 Å². The Bertz CT molecular complexity index is 600. The third-order valence-electron chi connectivity index (χ3n) is 4.33. The van der Waals surface area contributed by atoms with Crippen LogP contribution in [0.4, 0.5) is 0 Å². The van der Waals surface area contributed by atoms with Gasteiger partial charge in [0.1, 0.15) is 0 Å². The molecule has 2 heterocycles. The molecule has 0 saturated carbocycles. The fourth-order valence-corrected chi connectivity index (χ4v) is 3.44. The molecule has 1 aliphatic heterocycles. The van der Waals surface area contributed by atoms with E-state index in [-0.39, 0.29) is 0 Å². The number of hydrogen-bond donors (Lipinski definition) is 1. The molecule has 2 aliphatic rings. The number of benzene rings is 1. The van der Waals surface area contributed by atoms with Crippen molar-refractivity contribution in [2.24, 2.45) is 7.05 Å². The van der Waals surface area contributed by atoms with Crippen LogP contribution < -0.4 is 5.32 Å². The zero-order valence-corrected chi connectivity index (χ0v) is 10.6. The minimum atomic E-state index is 0.711. The predicted octanol–water partition coefficient (Wildman–Crippen LogP) is 2.26. The molecule has 0 spiro atoms. The van der Waals surface area contributed by atoms with Crippen LogP contribution >= 0.6 is 0 Å². The van der Waals surface area contributed by atoms with E-state index in [0.717, 1.165) is 24.7 Å². The first-order valence-corrected chi connectivity index (χ1v) is 6.66. The summed E-state index contributed by atoms with van der Waals surface area (Å²) in [5.41, 5.74) is 5.44. The number of fused-ring (bicyclic) bond motifs is 5. The highest BCUT2D eigenvalue weighted by Crippen LogP contribution is 2.44. The van der Waals surface area contributed by atoms with Crippen molar-refractivity contribution in [1.29, 1.82) is 0 Å². The normalized spacial score (nSPS) is 25.2. The fraction of sp³-hybridized carbons (Fsp3) is 0.400. The first-order valence-electron chi connectivity index (χ1n) is 6.66. The van der Waals surface area contributed by atoms with Crippen molar-refractivity contribution >= 4 is 0 Å². The Morgan fingerprint density at radius 1 is 1.17 bits per heavy atom. The zero-order chi connectivity index (χ0) is 12.1. The quantitative estimate of drug-likeness (QED) is 0.827. The van der Waals surface area contributed by atoms with Crippen LogP contribution in [-0.4, -0.2) is 22.9 Å². The summed E-state index contributed by atoms with van der Waals surface area (Å²) in [6.07, 6.45) is 3.33. The number of piperidine rings is 1. The molecule has 1 saturated heterocycles. The van der Waals surface area contributed by atoms with E-state index in [1.165, 1.54) is 12.0 Å². The monoisotopic (exact) mass is 239 g/mol. The molecule has 3 heteroatoms. The first-order chi connectivity index (χ1) is 8.81. The molecule has 1 N–H and O–H groups in total. The van der Waals surface area contributed by atoms with Gasteiger partial charge in [0.25, 0.3) is 0 Å². The van der Waals surface area contributed by atoms with Crippen molar-refractivity contribution in [3.8, 4) is 11.3 Å². The lowest BCUT2D eigenvalue weighted by Gasteiger charge is -2.19. The smallest absolute Gasteiger partial charge is 0.0923 e. The van der Waals surface area contributed by atoms with Crippen molar-refractivity contribution in [2.75, 3.05) is 13.1 Å². The van der Waals surface area contributed by atoms with Crippen LogP contribution in [0.25, 0.3) is 11.3 Å². The number of aryl methyl sites for hydroxylation is 1. The maximum absolute atomic E-state index is 4.49. The summed E-state index contributed by atoms with van der Waals surface area (Å²) in [5.74, 6) is 1.44. The highest BCUT2D eigenvalue weighted by Gasteiger charge is 2.34. The van der Waals surface area contributed by atoms with Crippen molar-refractivity contribution in [2.45, 2.75) is 18.3 Å². The Morgan fingerprint density at radius 3 is 2.78 bits per heavy atom. The molecule has 2 atom stereocenters. The van der Waals surface area contributed by atoms with Crippen molar-refractivity contribution in [3.05, 3.63) is 41.6 Å². The fourth-order valence-electron chi connectivity index (χ4n) is 3.44. The van der Waals surface area contributed by atoms with Gasteiger partial charge in [-0.25, -0.2) is 0 Å². The van der Waals surface area contributed by atoms with Gasteiger partial charge in [-0.05, 0) is 41.5 Å². The molecule has 92 valence electrons. The van der Waals surface area contributed by atoms with Gasteiger partial charge in [-0.3, -0.25) is 4.68 Å². The number of nitrogens with zero attached hydrogens (tertiary/aromatic N) is 2. The molecule has 1 aliphatic carbocycles. The second-order valence-corrected chi connectivity index (χ2v) is 5.51. The van der Waals surface area contributed by atoms with Gasteiger partial charge in [0.15, 0.2) is 0 Å². The summed E-state index contributed by atoms with van der Waals surface area (Å²) in [6, 6.07) is 8.98. The van der Waals surface area contributed by atoms with Crippen molar-refractivity contribution in [1.82, 2.24) is 15.1 Å². The lowest BCUT2D eigenvalue weighted by atomic mass is 9.97. The third-order valence-corrected chi connectivity index (χ3v) is 4.33. The van der Waals surface area contributed by atoms with Crippen LogP contribution in [0.3, 0.4) is 0 Å². The average Bonchev–Trinajstić information content (AvgIpc) is 2.93. The Morgan fingerprint density at radius 2 is 2.00 bits per heavy atom. The molecule has 3 nitrogen and oxygen atoms in total. The van der Waals surface area contributed by atoms with E-state index in [0.29, 0.717) is 5.92 Å². The number of aromatic nitrogens is 2. The number of hydrogen-bond acceptors (Lipinski definition) is 2. The second-order valence-electron chi connectivity index (χ2n) is 5.51. The molecular formula is C15H17N3. The largest absolute Gasteiger partial charge is 0.316 e. The van der Waals surface area contributed by atoms with E-state index in [1.807, 2.05) is 17.9 Å². The molecule has 0 radical (unpaired) electrons. The summed E-state index contributed by atoms with van der Waals surface area (Å²) < 4.78 is 1.86. The molecule has 2 unspecified atom stereocenters. The summed E-state index contributed by atoms with van der Waals surface area (Å²) >= 11 is 0. The maximum atomic E-state index is 4.49. The van der Waals surface area contributed by atoms with E-state index in [1.54, 1.807) is 11.1 Å². The van der Waals surface area contributed by atoms with Gasteiger partial charge in [0.2, 0.25) is 0 Å². The van der Waals surface area contributed by atoms with Gasteiger partial charge in [-0.15, -0.1) is 0 Å². The lowest BCUT2D eigenvalue weighted by molar-refractivity contribution is 0.454. The molecule has 2 aromatic rings. The van der Waals surface area contributed by atoms with Crippen LogP contribution in [0.5, 0.6) is 0 Å². The first kappa shape index (κ1) is 10.3. The molecule has 0 amide bonds. The Balaban J connectivity index is 1.81. The van der Waals surface area contributed by atoms with Crippen molar-refractivity contribution < 1.29 is 0 Å². The van der Waals surface area contributed by atoms with Crippen molar-refractivity contribution in [3.63, 3.8) is 0 Å². The summed E-state index contributed by atoms with van der Waals surface area (Å²) in [6.45, 7) is 2.28. The van der Waals surface area contributed by atoms with Crippen LogP contribution in [0.1, 0.15) is 29.4 Å². The van der Waals surface area contributed by atoms with Gasteiger partial charge < -0.3 is 5.32 Å². The van der Waals surface area contributed by atoms with Gasteiger partial charge >= 0.3 is 0 Å². The van der Waals surface area contributed by atoms with E-state index in [4.69, 9.17) is 0 Å². The number of nitrogens with one attached hydrogen (secondary N) is 1. The van der Waals surface area contributed by atoms with E-state index < -0.39 is 0 Å². The van der Waals surface area contributed by atoms with Crippen LogP contribution in [0, 0.1) is 0 Å². The SMILES string of the molecule is Cn1ccc(-c2ccc3c(c2)C2CNCC3C2)n1. The topological polar surface area (TPSA) is 29.9 Å². The van der Waals surface area contributed by atoms with E-state index in [9.17, 15) is 0 Å². The average molecular weight is 239 g/mol. The number of rotatable bonds is 1. The lowest BCUT2D eigenvalue weighted by Crippen LogP contribution is -2.28. The minimum absolute atomic E-state index is 0.711. The highest BCUT2D eigenvalue weighted by atomic mass is 15.2. The molecule has 1 aromatic heterocycles. The van der Waals surface area contributed by atoms with Crippen LogP contribution in [0.15, 0.2) is 30.5 Å². The molecule has 4 rings (SSSR count). The molecule has 1 fully saturated rings. The summed E-state index contributed by atoms with van der Waals surface area (Å²) in [4.78, 5) is 0. The highest BCUT2D eigenvalue weighted by molar-refractivity contribution is 5.62. The Labute approximate surface area is 107 Å². The molecule has 2 bridgehead atoms. The second kappa shape index (κ2) is 3.69.